The lowest BCUT2D eigenvalue weighted by molar-refractivity contribution is -0.143. The van der Waals surface area contributed by atoms with Crippen LogP contribution in [-0.2, 0) is 32.8 Å². The van der Waals surface area contributed by atoms with Crippen LogP contribution in [0.2, 0.25) is 0 Å². The Morgan fingerprint density at radius 3 is 2.68 bits per heavy atom. The first kappa shape index (κ1) is 25.7. The number of nitrogens with zero attached hydrogens (tertiary/aromatic N) is 2. The number of benzene rings is 2. The van der Waals surface area contributed by atoms with E-state index in [9.17, 15) is 23.6 Å². The minimum Gasteiger partial charge on any atom is -0.427 e. The predicted octanol–water partition coefficient (Wildman–Crippen LogP) is 4.01. The minimum absolute atomic E-state index is 0.0941. The van der Waals surface area contributed by atoms with Gasteiger partial charge in [-0.05, 0) is 73.6 Å². The van der Waals surface area contributed by atoms with Crippen molar-refractivity contribution in [3.05, 3.63) is 64.5 Å². The molecule has 0 saturated carbocycles. The fourth-order valence-corrected chi connectivity index (χ4v) is 6.06. The number of ether oxygens (including phenoxy) is 1. The van der Waals surface area contributed by atoms with E-state index in [1.54, 1.807) is 29.2 Å². The second-order valence-electron chi connectivity index (χ2n) is 10.1. The van der Waals surface area contributed by atoms with Crippen LogP contribution in [0.25, 0.3) is 0 Å². The lowest BCUT2D eigenvalue weighted by atomic mass is 9.94. The molecule has 3 atom stereocenters. The Bertz CT molecular complexity index is 1330. The van der Waals surface area contributed by atoms with Crippen LogP contribution in [-0.4, -0.2) is 53.4 Å². The fraction of sp³-hybridized carbons (Fsp3) is 0.429. The summed E-state index contributed by atoms with van der Waals surface area (Å²) in [7, 11) is 1.51. The minimum atomic E-state index is -1.47. The number of amides is 5. The van der Waals surface area contributed by atoms with Gasteiger partial charge in [-0.1, -0.05) is 19.1 Å². The van der Waals surface area contributed by atoms with Gasteiger partial charge in [-0.2, -0.15) is 0 Å². The van der Waals surface area contributed by atoms with E-state index in [2.05, 4.69) is 10.6 Å². The third-order valence-electron chi connectivity index (χ3n) is 7.94. The van der Waals surface area contributed by atoms with Crippen LogP contribution in [0.3, 0.4) is 0 Å². The highest BCUT2D eigenvalue weighted by Crippen LogP contribution is 2.46. The molecule has 2 N–H and O–H groups in total. The molecule has 2 aliphatic heterocycles. The standard InChI is InChI=1S/C28H31FN4O5/c1-4-17-13-19(29)6-8-21(17)23-10-5-16(2)33(23)24(34)15-32-25(35)28(38-27(32)37)12-11-18-14-20(7-9-22(18)28)31-26(36)30-3/h6-9,13-14,16,23H,4-5,10-12,15H2,1-3H3,(H2,30,31,36)/t16-,23-,28?/m0/s1. The van der Waals surface area contributed by atoms with E-state index in [0.717, 1.165) is 28.0 Å². The molecule has 10 heteroatoms. The molecule has 200 valence electrons. The normalized spacial score (nSPS) is 24.1. The molecule has 2 aromatic carbocycles. The number of hydrogen-bond acceptors (Lipinski definition) is 5. The van der Waals surface area contributed by atoms with Crippen molar-refractivity contribution < 1.29 is 28.3 Å². The Balaban J connectivity index is 1.37. The molecule has 0 bridgehead atoms. The molecule has 1 unspecified atom stereocenters. The number of imide groups is 1. The molecule has 2 aromatic rings. The highest BCUT2D eigenvalue weighted by Gasteiger charge is 2.58. The summed E-state index contributed by atoms with van der Waals surface area (Å²) in [5.74, 6) is -1.23. The number of likely N-dealkylation sites (tertiary alicyclic amines) is 1. The molecule has 2 heterocycles. The van der Waals surface area contributed by atoms with Gasteiger partial charge in [0.1, 0.15) is 12.4 Å². The van der Waals surface area contributed by atoms with Crippen molar-refractivity contribution in [2.75, 3.05) is 18.9 Å². The number of hydrogen-bond donors (Lipinski definition) is 2. The molecular weight excluding hydrogens is 491 g/mol. The molecule has 0 aromatic heterocycles. The first-order valence-corrected chi connectivity index (χ1v) is 12.9. The zero-order chi connectivity index (χ0) is 27.2. The zero-order valence-corrected chi connectivity index (χ0v) is 21.7. The summed E-state index contributed by atoms with van der Waals surface area (Å²) in [5.41, 5.74) is 2.19. The van der Waals surface area contributed by atoms with E-state index >= 15 is 0 Å². The predicted molar refractivity (Wildman–Crippen MR) is 137 cm³/mol. The van der Waals surface area contributed by atoms with Crippen molar-refractivity contribution in [1.29, 1.82) is 0 Å². The van der Waals surface area contributed by atoms with E-state index < -0.39 is 24.1 Å². The van der Waals surface area contributed by atoms with Crippen molar-refractivity contribution in [3.63, 3.8) is 0 Å². The molecule has 5 amide bonds. The van der Waals surface area contributed by atoms with Crippen molar-refractivity contribution in [1.82, 2.24) is 15.1 Å². The maximum atomic E-state index is 13.9. The number of rotatable bonds is 5. The maximum Gasteiger partial charge on any atom is 0.418 e. The van der Waals surface area contributed by atoms with Crippen molar-refractivity contribution in [2.45, 2.75) is 63.6 Å². The lowest BCUT2D eigenvalue weighted by Crippen LogP contribution is -2.46. The lowest BCUT2D eigenvalue weighted by Gasteiger charge is -2.31. The van der Waals surface area contributed by atoms with Crippen LogP contribution in [0, 0.1) is 5.82 Å². The summed E-state index contributed by atoms with van der Waals surface area (Å²) in [6.45, 7) is 3.46. The molecule has 1 spiro atoms. The number of nitrogens with one attached hydrogen (secondary N) is 2. The van der Waals surface area contributed by atoms with Gasteiger partial charge in [-0.25, -0.2) is 18.9 Å². The van der Waals surface area contributed by atoms with Crippen LogP contribution in [0.4, 0.5) is 19.7 Å². The zero-order valence-electron chi connectivity index (χ0n) is 21.7. The smallest absolute Gasteiger partial charge is 0.418 e. The average molecular weight is 523 g/mol. The monoisotopic (exact) mass is 522 g/mol. The second-order valence-corrected chi connectivity index (χ2v) is 10.1. The Hall–Kier alpha value is -3.95. The van der Waals surface area contributed by atoms with Crippen LogP contribution in [0.15, 0.2) is 36.4 Å². The summed E-state index contributed by atoms with van der Waals surface area (Å²) in [6, 6.07) is 9.01. The summed E-state index contributed by atoms with van der Waals surface area (Å²) in [6.07, 6.45) is 2.00. The SMILES string of the molecule is CCc1cc(F)ccc1[C@@H]1CC[C@H](C)N1C(=O)CN1C(=O)OC2(CCc3cc(NC(=O)NC)ccc32)C1=O. The van der Waals surface area contributed by atoms with Gasteiger partial charge in [0.15, 0.2) is 0 Å². The van der Waals surface area contributed by atoms with Crippen LogP contribution >= 0.6 is 0 Å². The van der Waals surface area contributed by atoms with Gasteiger partial charge in [0, 0.05) is 30.8 Å². The van der Waals surface area contributed by atoms with Gasteiger partial charge in [-0.3, -0.25) is 9.59 Å². The van der Waals surface area contributed by atoms with E-state index in [1.807, 2.05) is 13.8 Å². The van der Waals surface area contributed by atoms with E-state index in [1.165, 1.54) is 19.2 Å². The molecule has 2 fully saturated rings. The van der Waals surface area contributed by atoms with Crippen LogP contribution < -0.4 is 10.6 Å². The average Bonchev–Trinajstić information content (AvgIpc) is 3.53. The number of anilines is 1. The van der Waals surface area contributed by atoms with E-state index in [0.29, 0.717) is 30.5 Å². The number of urea groups is 1. The largest absolute Gasteiger partial charge is 0.427 e. The first-order valence-electron chi connectivity index (χ1n) is 12.9. The van der Waals surface area contributed by atoms with Crippen molar-refractivity contribution in [2.24, 2.45) is 0 Å². The Kier molecular flexibility index (Phi) is 6.58. The summed E-state index contributed by atoms with van der Waals surface area (Å²) >= 11 is 0. The number of fused-ring (bicyclic) bond motifs is 2. The highest BCUT2D eigenvalue weighted by molar-refractivity contribution is 6.06. The quantitative estimate of drug-likeness (QED) is 0.617. The van der Waals surface area contributed by atoms with Crippen LogP contribution in [0.5, 0.6) is 0 Å². The summed E-state index contributed by atoms with van der Waals surface area (Å²) in [5, 5.41) is 5.18. The number of aryl methyl sites for hydroxylation is 2. The molecule has 38 heavy (non-hydrogen) atoms. The highest BCUT2D eigenvalue weighted by atomic mass is 19.1. The van der Waals surface area contributed by atoms with E-state index in [4.69, 9.17) is 4.74 Å². The molecule has 9 nitrogen and oxygen atoms in total. The van der Waals surface area contributed by atoms with Gasteiger partial charge >= 0.3 is 12.1 Å². The Morgan fingerprint density at radius 1 is 1.16 bits per heavy atom. The van der Waals surface area contributed by atoms with Gasteiger partial charge in [0.25, 0.3) is 5.91 Å². The molecule has 0 radical (unpaired) electrons. The van der Waals surface area contributed by atoms with Gasteiger partial charge in [-0.15, -0.1) is 0 Å². The second kappa shape index (κ2) is 9.74. The third kappa shape index (κ3) is 4.17. The molecule has 3 aliphatic rings. The van der Waals surface area contributed by atoms with Crippen molar-refractivity contribution in [3.8, 4) is 0 Å². The van der Waals surface area contributed by atoms with E-state index in [-0.39, 0.29) is 36.3 Å². The number of carbonyl (C=O) groups is 4. The topological polar surface area (TPSA) is 108 Å². The maximum absolute atomic E-state index is 13.9. The third-order valence-corrected chi connectivity index (χ3v) is 7.94. The van der Waals surface area contributed by atoms with Crippen molar-refractivity contribution >= 4 is 29.6 Å². The van der Waals surface area contributed by atoms with Crippen LogP contribution in [0.1, 0.15) is 61.4 Å². The van der Waals surface area contributed by atoms with Gasteiger partial charge < -0.3 is 20.3 Å². The van der Waals surface area contributed by atoms with Gasteiger partial charge in [0.05, 0.1) is 6.04 Å². The summed E-state index contributed by atoms with van der Waals surface area (Å²) < 4.78 is 19.5. The summed E-state index contributed by atoms with van der Waals surface area (Å²) in [4.78, 5) is 54.4. The van der Waals surface area contributed by atoms with Gasteiger partial charge in [0.2, 0.25) is 11.5 Å². The molecule has 2 saturated heterocycles. The first-order chi connectivity index (χ1) is 18.2. The molecule has 1 aliphatic carbocycles. The number of halogens is 1. The Labute approximate surface area is 220 Å². The fourth-order valence-electron chi connectivity index (χ4n) is 6.06. The molecule has 5 rings (SSSR count). The molecular formula is C28H31FN4O5. The number of carbonyl (C=O) groups excluding carboxylic acids is 4. The Morgan fingerprint density at radius 2 is 1.95 bits per heavy atom.